The van der Waals surface area contributed by atoms with Crippen LogP contribution in [-0.4, -0.2) is 42.9 Å². The van der Waals surface area contributed by atoms with Crippen LogP contribution in [0.2, 0.25) is 5.02 Å². The van der Waals surface area contributed by atoms with Gasteiger partial charge in [-0.25, -0.2) is 0 Å². The maximum Gasteiger partial charge on any atom is 0.145 e. The summed E-state index contributed by atoms with van der Waals surface area (Å²) < 4.78 is 26.9. The highest BCUT2D eigenvalue weighted by molar-refractivity contribution is 8.00. The van der Waals surface area contributed by atoms with Crippen LogP contribution < -0.4 is 4.90 Å². The summed E-state index contributed by atoms with van der Waals surface area (Å²) in [5.74, 6) is 0. The first-order valence-electron chi connectivity index (χ1n) is 14.6. The topological polar surface area (TPSA) is 40.2 Å². The number of nitrogens with zero attached hydrogens (tertiary/aromatic N) is 1. The lowest BCUT2D eigenvalue weighted by Crippen LogP contribution is -2.64. The van der Waals surface area contributed by atoms with E-state index in [0.29, 0.717) is 26.4 Å². The minimum absolute atomic E-state index is 0.00299. The summed E-state index contributed by atoms with van der Waals surface area (Å²) in [6.45, 7) is 2.77. The predicted molar refractivity (Wildman–Crippen MR) is 167 cm³/mol. The van der Waals surface area contributed by atoms with Crippen molar-refractivity contribution in [3.05, 3.63) is 130 Å². The van der Waals surface area contributed by atoms with Crippen LogP contribution in [0.5, 0.6) is 0 Å². The zero-order chi connectivity index (χ0) is 28.3. The lowest BCUT2D eigenvalue weighted by atomic mass is 9.98. The average molecular weight is 600 g/mol. The van der Waals surface area contributed by atoms with Crippen LogP contribution in [0, 0.1) is 0 Å². The van der Waals surface area contributed by atoms with E-state index in [2.05, 4.69) is 65.6 Å². The molecule has 3 heterocycles. The van der Waals surface area contributed by atoms with Gasteiger partial charge in [0.15, 0.2) is 0 Å². The van der Waals surface area contributed by atoms with E-state index < -0.39 is 0 Å². The Bertz CT molecular complexity index is 1470. The van der Waals surface area contributed by atoms with Crippen molar-refractivity contribution in [3.63, 3.8) is 0 Å². The lowest BCUT2D eigenvalue weighted by molar-refractivity contribution is -0.216. The van der Waals surface area contributed by atoms with Crippen molar-refractivity contribution in [3.8, 4) is 0 Å². The van der Waals surface area contributed by atoms with Crippen molar-refractivity contribution >= 4 is 29.1 Å². The molecule has 0 saturated carbocycles. The van der Waals surface area contributed by atoms with Crippen molar-refractivity contribution in [1.29, 1.82) is 0 Å². The van der Waals surface area contributed by atoms with Gasteiger partial charge in [0.2, 0.25) is 0 Å². The number of hydrogen-bond donors (Lipinski definition) is 0. The highest BCUT2D eigenvalue weighted by Gasteiger charge is 2.53. The molecule has 0 spiro atoms. The Hall–Kier alpha value is -2.84. The van der Waals surface area contributed by atoms with Crippen molar-refractivity contribution < 1.29 is 18.9 Å². The van der Waals surface area contributed by atoms with E-state index in [-0.39, 0.29) is 29.8 Å². The molecule has 1 fully saturated rings. The zero-order valence-electron chi connectivity index (χ0n) is 23.3. The van der Waals surface area contributed by atoms with Gasteiger partial charge in [-0.15, -0.1) is 11.8 Å². The zero-order valence-corrected chi connectivity index (χ0v) is 24.9. The van der Waals surface area contributed by atoms with Gasteiger partial charge in [0.05, 0.1) is 37.4 Å². The molecule has 5 atom stereocenters. The highest BCUT2D eigenvalue weighted by Crippen LogP contribution is 2.52. The van der Waals surface area contributed by atoms with Crippen LogP contribution in [0.15, 0.2) is 108 Å². The van der Waals surface area contributed by atoms with Gasteiger partial charge in [-0.3, -0.25) is 0 Å². The monoisotopic (exact) mass is 599 g/mol. The molecule has 7 heteroatoms. The molecule has 7 rings (SSSR count). The molecule has 4 aromatic carbocycles. The Labute approximate surface area is 256 Å². The number of halogens is 1. The number of benzene rings is 4. The van der Waals surface area contributed by atoms with Gasteiger partial charge in [0.25, 0.3) is 0 Å². The van der Waals surface area contributed by atoms with Gasteiger partial charge in [0, 0.05) is 16.5 Å². The second-order valence-electron chi connectivity index (χ2n) is 11.0. The van der Waals surface area contributed by atoms with Crippen LogP contribution in [0.25, 0.3) is 0 Å². The molecule has 0 unspecified atom stereocenters. The van der Waals surface area contributed by atoms with Crippen LogP contribution >= 0.6 is 23.4 Å². The van der Waals surface area contributed by atoms with Crippen molar-refractivity contribution in [2.45, 2.75) is 60.9 Å². The van der Waals surface area contributed by atoms with Gasteiger partial charge in [-0.2, -0.15) is 0 Å². The summed E-state index contributed by atoms with van der Waals surface area (Å²) in [7, 11) is 0. The fourth-order valence-corrected chi connectivity index (χ4v) is 8.03. The summed E-state index contributed by atoms with van der Waals surface area (Å²) >= 11 is 8.38. The molecule has 3 aliphatic rings. The van der Waals surface area contributed by atoms with Crippen LogP contribution in [0.4, 0.5) is 5.69 Å². The lowest BCUT2D eigenvalue weighted by Gasteiger charge is -2.51. The molecule has 5 nitrogen and oxygen atoms in total. The second kappa shape index (κ2) is 12.8. The molecule has 3 aliphatic heterocycles. The number of rotatable bonds is 10. The van der Waals surface area contributed by atoms with E-state index >= 15 is 0 Å². The van der Waals surface area contributed by atoms with Crippen molar-refractivity contribution in [2.24, 2.45) is 0 Å². The maximum absolute atomic E-state index is 6.98. The largest absolute Gasteiger partial charge is 0.374 e. The predicted octanol–water partition coefficient (Wildman–Crippen LogP) is 7.29. The molecule has 0 aromatic heterocycles. The number of anilines is 1. The van der Waals surface area contributed by atoms with Crippen LogP contribution in [0.1, 0.15) is 22.3 Å². The van der Waals surface area contributed by atoms with Gasteiger partial charge < -0.3 is 23.8 Å². The molecule has 0 aliphatic carbocycles. The number of fused-ring (bicyclic) bond motifs is 2. The molecule has 4 aromatic rings. The van der Waals surface area contributed by atoms with Gasteiger partial charge in [-0.1, -0.05) is 103 Å². The van der Waals surface area contributed by atoms with Gasteiger partial charge in [-0.05, 0) is 40.8 Å². The molecule has 216 valence electrons. The Morgan fingerprint density at radius 2 is 1.36 bits per heavy atom. The van der Waals surface area contributed by atoms with Gasteiger partial charge in [0.1, 0.15) is 24.5 Å². The summed E-state index contributed by atoms with van der Waals surface area (Å²) in [5, 5.41) is 0.774. The van der Waals surface area contributed by atoms with Crippen molar-refractivity contribution in [2.75, 3.05) is 18.1 Å². The molecular formula is C35H34ClNO4S. The van der Waals surface area contributed by atoms with Crippen LogP contribution in [-0.2, 0) is 45.2 Å². The Balaban J connectivity index is 1.20. The number of hydrogen-bond acceptors (Lipinski definition) is 6. The summed E-state index contributed by atoms with van der Waals surface area (Å²) in [6, 6.07) is 35.1. The third kappa shape index (κ3) is 5.98. The minimum Gasteiger partial charge on any atom is -0.374 e. The minimum atomic E-state index is -0.332. The second-order valence-corrected chi connectivity index (χ2v) is 12.7. The van der Waals surface area contributed by atoms with E-state index in [1.165, 1.54) is 16.1 Å². The van der Waals surface area contributed by atoms with Gasteiger partial charge >= 0.3 is 0 Å². The number of ether oxygens (including phenoxy) is 4. The third-order valence-electron chi connectivity index (χ3n) is 8.17. The quantitative estimate of drug-likeness (QED) is 0.191. The average Bonchev–Trinajstić information content (AvgIpc) is 3.45. The van der Waals surface area contributed by atoms with E-state index in [1.54, 1.807) is 0 Å². The summed E-state index contributed by atoms with van der Waals surface area (Å²) in [6.07, 6.45) is -0.0831. The first kappa shape index (κ1) is 28.0. The fraction of sp³-hybridized carbons (Fsp3) is 0.314. The molecule has 0 radical (unpaired) electrons. The normalized spacial score (nSPS) is 24.3. The third-order valence-corrected chi connectivity index (χ3v) is 9.73. The Morgan fingerprint density at radius 1 is 0.762 bits per heavy atom. The Kier molecular flexibility index (Phi) is 8.52. The molecule has 1 saturated heterocycles. The number of thioether (sulfide) groups is 1. The molecule has 0 bridgehead atoms. The van der Waals surface area contributed by atoms with E-state index in [9.17, 15) is 0 Å². The first-order valence-corrected chi connectivity index (χ1v) is 15.8. The molecular weight excluding hydrogens is 566 g/mol. The van der Waals surface area contributed by atoms with E-state index in [1.807, 2.05) is 54.2 Å². The van der Waals surface area contributed by atoms with Crippen LogP contribution in [0.3, 0.4) is 0 Å². The maximum atomic E-state index is 6.98. The summed E-state index contributed by atoms with van der Waals surface area (Å²) in [5.41, 5.74) is 5.91. The standard InChI is InChI=1S/C35H34ClNO4S/c36-28-18-27-16-17-37-31(27)30(19-28)42-34-33(40-22-26-14-8-3-9-15-26)32(39-21-25-12-6-2-7-13-25)29(41-35(34)37)23-38-20-24-10-4-1-5-11-24/h1-15,18-19,29,32-35H,16-17,20-23H2/t29-,32-,33+,34-,35+/m1/s1. The highest BCUT2D eigenvalue weighted by atomic mass is 35.5. The fourth-order valence-electron chi connectivity index (χ4n) is 6.19. The Morgan fingerprint density at radius 3 is 2.00 bits per heavy atom. The smallest absolute Gasteiger partial charge is 0.145 e. The SMILES string of the molecule is Clc1cc2c3c(c1)S[C@@H]1[C@@H](OCc4ccccc4)[C@H](OCc4ccccc4)[C@@H](COCc4ccccc4)O[C@@H]1N3CC2. The summed E-state index contributed by atoms with van der Waals surface area (Å²) in [4.78, 5) is 3.60. The van der Waals surface area contributed by atoms with E-state index in [4.69, 9.17) is 30.5 Å². The first-order chi connectivity index (χ1) is 20.7. The van der Waals surface area contributed by atoms with Crippen molar-refractivity contribution in [1.82, 2.24) is 0 Å². The van der Waals surface area contributed by atoms with E-state index in [0.717, 1.165) is 34.7 Å². The molecule has 0 amide bonds. The molecule has 42 heavy (non-hydrogen) atoms. The molecule has 0 N–H and O–H groups in total.